The van der Waals surface area contributed by atoms with E-state index in [-0.39, 0.29) is 18.1 Å². The molecule has 0 bridgehead atoms. The Morgan fingerprint density at radius 1 is 1.22 bits per heavy atom. The second kappa shape index (κ2) is 7.22. The summed E-state index contributed by atoms with van der Waals surface area (Å²) in [5.74, 6) is -0.0428. The van der Waals surface area contributed by atoms with Crippen LogP contribution in [-0.2, 0) is 11.2 Å². The lowest BCUT2D eigenvalue weighted by Crippen LogP contribution is -2.16. The maximum absolute atomic E-state index is 13.1. The van der Waals surface area contributed by atoms with Crippen molar-refractivity contribution in [2.45, 2.75) is 38.1 Å². The van der Waals surface area contributed by atoms with Crippen LogP contribution in [0.2, 0.25) is 0 Å². The normalized spacial score (nSPS) is 14.7. The molecule has 1 fully saturated rings. The number of rotatable bonds is 5. The smallest absolute Gasteiger partial charge is 0.229 e. The Hall–Kier alpha value is -2.43. The minimum atomic E-state index is -0.337. The summed E-state index contributed by atoms with van der Waals surface area (Å²) in [6.07, 6.45) is 6.81. The van der Waals surface area contributed by atoms with E-state index < -0.39 is 0 Å². The molecule has 1 aliphatic rings. The highest BCUT2D eigenvalue weighted by Crippen LogP contribution is 2.22. The summed E-state index contributed by atoms with van der Waals surface area (Å²) in [5.41, 5.74) is 1.61. The van der Waals surface area contributed by atoms with Crippen LogP contribution in [0.3, 0.4) is 0 Å². The van der Waals surface area contributed by atoms with E-state index in [1.807, 2.05) is 6.07 Å². The van der Waals surface area contributed by atoms with Crippen molar-refractivity contribution in [2.24, 2.45) is 0 Å². The molecule has 2 N–H and O–H groups in total. The van der Waals surface area contributed by atoms with Crippen LogP contribution in [0, 0.1) is 5.82 Å². The SMILES string of the molecule is O=C(Cc1cccc(F)c1)Nc1ccc(NC2CCCC2)cn1. The molecular formula is C18H20FN3O. The molecule has 23 heavy (non-hydrogen) atoms. The fourth-order valence-corrected chi connectivity index (χ4v) is 2.88. The van der Waals surface area contributed by atoms with Crippen molar-refractivity contribution in [1.82, 2.24) is 4.98 Å². The zero-order chi connectivity index (χ0) is 16.1. The van der Waals surface area contributed by atoms with Gasteiger partial charge >= 0.3 is 0 Å². The van der Waals surface area contributed by atoms with Gasteiger partial charge in [0.15, 0.2) is 0 Å². The number of nitrogens with zero attached hydrogens (tertiary/aromatic N) is 1. The minimum Gasteiger partial charge on any atom is -0.381 e. The van der Waals surface area contributed by atoms with Gasteiger partial charge in [0.05, 0.1) is 18.3 Å². The number of benzene rings is 1. The fraction of sp³-hybridized carbons (Fsp3) is 0.333. The predicted molar refractivity (Wildman–Crippen MR) is 88.8 cm³/mol. The van der Waals surface area contributed by atoms with E-state index in [1.54, 1.807) is 24.4 Å². The highest BCUT2D eigenvalue weighted by Gasteiger charge is 2.14. The second-order valence-electron chi connectivity index (χ2n) is 5.91. The summed E-state index contributed by atoms with van der Waals surface area (Å²) in [7, 11) is 0. The molecule has 1 saturated carbocycles. The summed E-state index contributed by atoms with van der Waals surface area (Å²) in [6.45, 7) is 0. The topological polar surface area (TPSA) is 54.0 Å². The molecule has 0 aliphatic heterocycles. The number of anilines is 2. The number of nitrogens with one attached hydrogen (secondary N) is 2. The van der Waals surface area contributed by atoms with Crippen molar-refractivity contribution in [3.05, 3.63) is 54.0 Å². The average molecular weight is 313 g/mol. The van der Waals surface area contributed by atoms with Gasteiger partial charge in [-0.3, -0.25) is 4.79 Å². The Labute approximate surface area is 135 Å². The number of carbonyl (C=O) groups is 1. The maximum atomic E-state index is 13.1. The van der Waals surface area contributed by atoms with Gasteiger partial charge in [0.2, 0.25) is 5.91 Å². The monoisotopic (exact) mass is 313 g/mol. The van der Waals surface area contributed by atoms with Crippen molar-refractivity contribution in [1.29, 1.82) is 0 Å². The first kappa shape index (κ1) is 15.5. The van der Waals surface area contributed by atoms with Crippen molar-refractivity contribution in [3.63, 3.8) is 0 Å². The van der Waals surface area contributed by atoms with E-state index in [0.29, 0.717) is 17.4 Å². The molecule has 3 rings (SSSR count). The van der Waals surface area contributed by atoms with Gasteiger partial charge in [0.1, 0.15) is 11.6 Å². The summed E-state index contributed by atoms with van der Waals surface area (Å²) in [4.78, 5) is 16.2. The molecule has 1 aromatic heterocycles. The Morgan fingerprint density at radius 3 is 2.74 bits per heavy atom. The van der Waals surface area contributed by atoms with Crippen molar-refractivity contribution in [2.75, 3.05) is 10.6 Å². The lowest BCUT2D eigenvalue weighted by molar-refractivity contribution is -0.115. The largest absolute Gasteiger partial charge is 0.381 e. The quantitative estimate of drug-likeness (QED) is 0.884. The van der Waals surface area contributed by atoms with E-state index in [0.717, 1.165) is 5.69 Å². The van der Waals surface area contributed by atoms with E-state index in [2.05, 4.69) is 15.6 Å². The molecular weight excluding hydrogens is 293 g/mol. The van der Waals surface area contributed by atoms with E-state index in [4.69, 9.17) is 0 Å². The summed E-state index contributed by atoms with van der Waals surface area (Å²) in [6, 6.07) is 10.3. The maximum Gasteiger partial charge on any atom is 0.229 e. The molecule has 2 aromatic rings. The molecule has 0 unspecified atom stereocenters. The molecule has 1 aliphatic carbocycles. The lowest BCUT2D eigenvalue weighted by atomic mass is 10.1. The predicted octanol–water partition coefficient (Wildman–Crippen LogP) is 3.76. The van der Waals surface area contributed by atoms with Gasteiger partial charge in [-0.1, -0.05) is 25.0 Å². The van der Waals surface area contributed by atoms with Gasteiger partial charge in [0, 0.05) is 6.04 Å². The van der Waals surface area contributed by atoms with Crippen LogP contribution in [0.25, 0.3) is 0 Å². The lowest BCUT2D eigenvalue weighted by Gasteiger charge is -2.13. The van der Waals surface area contributed by atoms with Crippen molar-refractivity contribution >= 4 is 17.4 Å². The number of carbonyl (C=O) groups excluding carboxylic acids is 1. The first-order valence-electron chi connectivity index (χ1n) is 7.96. The first-order valence-corrected chi connectivity index (χ1v) is 7.96. The summed E-state index contributed by atoms with van der Waals surface area (Å²) >= 11 is 0. The van der Waals surface area contributed by atoms with Gasteiger partial charge in [-0.25, -0.2) is 9.37 Å². The Kier molecular flexibility index (Phi) is 4.86. The minimum absolute atomic E-state index is 0.127. The molecule has 1 amide bonds. The van der Waals surface area contributed by atoms with Crippen molar-refractivity contribution in [3.8, 4) is 0 Å². The van der Waals surface area contributed by atoms with Gasteiger partial charge in [-0.2, -0.15) is 0 Å². The summed E-state index contributed by atoms with van der Waals surface area (Å²) in [5, 5.41) is 6.18. The number of hydrogen-bond acceptors (Lipinski definition) is 3. The van der Waals surface area contributed by atoms with Crippen LogP contribution >= 0.6 is 0 Å². The highest BCUT2D eigenvalue weighted by molar-refractivity contribution is 5.91. The number of aromatic nitrogens is 1. The molecule has 0 spiro atoms. The zero-order valence-electron chi connectivity index (χ0n) is 12.9. The number of hydrogen-bond donors (Lipinski definition) is 2. The Bertz CT molecular complexity index is 666. The van der Waals surface area contributed by atoms with Crippen molar-refractivity contribution < 1.29 is 9.18 Å². The number of pyridine rings is 1. The van der Waals surface area contributed by atoms with Gasteiger partial charge in [0.25, 0.3) is 0 Å². The third kappa shape index (κ3) is 4.52. The number of halogens is 1. The zero-order valence-corrected chi connectivity index (χ0v) is 12.9. The van der Waals surface area contributed by atoms with E-state index >= 15 is 0 Å². The Balaban J connectivity index is 1.54. The van der Waals surface area contributed by atoms with Crippen LogP contribution in [0.5, 0.6) is 0 Å². The molecule has 0 saturated heterocycles. The third-order valence-corrected chi connectivity index (χ3v) is 4.01. The van der Waals surface area contributed by atoms with Gasteiger partial charge in [-0.15, -0.1) is 0 Å². The Morgan fingerprint density at radius 2 is 2.04 bits per heavy atom. The molecule has 5 heteroatoms. The first-order chi connectivity index (χ1) is 11.2. The molecule has 1 heterocycles. The van der Waals surface area contributed by atoms with Crippen LogP contribution in [0.1, 0.15) is 31.2 Å². The van der Waals surface area contributed by atoms with E-state index in [9.17, 15) is 9.18 Å². The third-order valence-electron chi connectivity index (χ3n) is 4.01. The molecule has 0 atom stereocenters. The molecule has 4 nitrogen and oxygen atoms in total. The van der Waals surface area contributed by atoms with Crippen LogP contribution in [0.4, 0.5) is 15.9 Å². The molecule has 0 radical (unpaired) electrons. The van der Waals surface area contributed by atoms with E-state index in [1.165, 1.54) is 37.8 Å². The molecule has 1 aromatic carbocycles. The highest BCUT2D eigenvalue weighted by atomic mass is 19.1. The molecule has 120 valence electrons. The standard InChI is InChI=1S/C18H20FN3O/c19-14-5-3-4-13(10-14)11-18(23)22-17-9-8-16(12-20-17)21-15-6-1-2-7-15/h3-5,8-10,12,15,21H,1-2,6-7,11H2,(H,20,22,23). The van der Waals surface area contributed by atoms with Gasteiger partial charge < -0.3 is 10.6 Å². The number of amides is 1. The fourth-order valence-electron chi connectivity index (χ4n) is 2.88. The van der Waals surface area contributed by atoms with Crippen LogP contribution < -0.4 is 10.6 Å². The second-order valence-corrected chi connectivity index (χ2v) is 5.91. The van der Waals surface area contributed by atoms with Gasteiger partial charge in [-0.05, 0) is 42.7 Å². The average Bonchev–Trinajstić information content (AvgIpc) is 3.02. The van der Waals surface area contributed by atoms with Crippen LogP contribution in [0.15, 0.2) is 42.6 Å². The van der Waals surface area contributed by atoms with Crippen LogP contribution in [-0.4, -0.2) is 16.9 Å². The summed E-state index contributed by atoms with van der Waals surface area (Å²) < 4.78 is 13.1.